The van der Waals surface area contributed by atoms with Gasteiger partial charge in [0.05, 0.1) is 29.7 Å². The van der Waals surface area contributed by atoms with Crippen molar-refractivity contribution in [3.63, 3.8) is 0 Å². The predicted octanol–water partition coefficient (Wildman–Crippen LogP) is 6.03. The van der Waals surface area contributed by atoms with E-state index in [1.165, 1.54) is 20.3 Å². The third kappa shape index (κ3) is 6.21. The molecule has 8 heteroatoms. The van der Waals surface area contributed by atoms with Gasteiger partial charge in [0.15, 0.2) is 0 Å². The zero-order valence-electron chi connectivity index (χ0n) is 17.9. The highest BCUT2D eigenvalue weighted by molar-refractivity contribution is 6.34. The lowest BCUT2D eigenvalue weighted by atomic mass is 10.0. The van der Waals surface area contributed by atoms with Gasteiger partial charge in [-0.1, -0.05) is 48.0 Å². The van der Waals surface area contributed by atoms with Gasteiger partial charge in [0, 0.05) is 23.4 Å². The molecule has 0 bridgehead atoms. The number of amides is 1. The first-order valence-corrected chi connectivity index (χ1v) is 10.2. The number of nitrogens with zero attached hydrogens (tertiary/aromatic N) is 1. The molecule has 0 aliphatic heterocycles. The number of hydrogen-bond donors (Lipinski definition) is 1. The van der Waals surface area contributed by atoms with E-state index in [0.29, 0.717) is 38.9 Å². The molecule has 0 aliphatic carbocycles. The molecular weight excluding hydrogens is 444 g/mol. The first-order valence-electron chi connectivity index (χ1n) is 9.83. The summed E-state index contributed by atoms with van der Waals surface area (Å²) in [5.41, 5.74) is 3.10. The van der Waals surface area contributed by atoms with Crippen molar-refractivity contribution < 1.29 is 19.2 Å². The van der Waals surface area contributed by atoms with Crippen LogP contribution in [0.1, 0.15) is 27.0 Å². The summed E-state index contributed by atoms with van der Waals surface area (Å²) in [5, 5.41) is 14.0. The zero-order chi connectivity index (χ0) is 23.8. The second kappa shape index (κ2) is 11.0. The Bertz CT molecular complexity index is 1220. The van der Waals surface area contributed by atoms with E-state index in [9.17, 15) is 14.9 Å². The van der Waals surface area contributed by atoms with Crippen molar-refractivity contribution in [2.75, 3.05) is 19.5 Å². The number of methoxy groups -OCH3 is 2. The lowest BCUT2D eigenvalue weighted by Gasteiger charge is -2.11. The van der Waals surface area contributed by atoms with Gasteiger partial charge >= 0.3 is 0 Å². The van der Waals surface area contributed by atoms with Crippen LogP contribution < -0.4 is 14.8 Å². The molecule has 33 heavy (non-hydrogen) atoms. The molecule has 0 aromatic heterocycles. The summed E-state index contributed by atoms with van der Waals surface area (Å²) in [5.74, 6) is 0.710. The maximum absolute atomic E-state index is 12.4. The summed E-state index contributed by atoms with van der Waals surface area (Å²) in [7, 11) is 3.02. The Balaban J connectivity index is 1.83. The standard InChI is InChI=1S/C25H21ClN2O5/c1-32-20-15-18(21(13-14-28(30)31)24(16-20)33-2)10-7-17-8-11-19(12-9-17)27-25(29)22-5-3-4-6-23(22)26/h3-16H,1-2H3,(H,27,29)/b10-7+,14-13+. The van der Waals surface area contributed by atoms with Crippen LogP contribution in [-0.2, 0) is 0 Å². The quantitative estimate of drug-likeness (QED) is 0.250. The van der Waals surface area contributed by atoms with Crippen LogP contribution in [0.4, 0.5) is 5.69 Å². The molecule has 1 amide bonds. The molecule has 0 unspecified atom stereocenters. The van der Waals surface area contributed by atoms with Crippen LogP contribution in [0.15, 0.2) is 66.9 Å². The molecule has 0 heterocycles. The molecule has 7 nitrogen and oxygen atoms in total. The maximum Gasteiger partial charge on any atom is 0.257 e. The van der Waals surface area contributed by atoms with Crippen LogP contribution in [0, 0.1) is 10.1 Å². The number of halogens is 1. The lowest BCUT2D eigenvalue weighted by Crippen LogP contribution is -2.12. The summed E-state index contributed by atoms with van der Waals surface area (Å²) in [4.78, 5) is 22.7. The van der Waals surface area contributed by atoms with E-state index in [2.05, 4.69) is 5.32 Å². The van der Waals surface area contributed by atoms with E-state index in [1.807, 2.05) is 24.3 Å². The van der Waals surface area contributed by atoms with E-state index in [-0.39, 0.29) is 5.91 Å². The third-order valence-corrected chi connectivity index (χ3v) is 5.04. The topological polar surface area (TPSA) is 90.7 Å². The molecule has 0 saturated carbocycles. The second-order valence-corrected chi connectivity index (χ2v) is 7.23. The summed E-state index contributed by atoms with van der Waals surface area (Å²) in [6.07, 6.45) is 5.89. The first-order chi connectivity index (χ1) is 15.9. The summed E-state index contributed by atoms with van der Waals surface area (Å²) < 4.78 is 10.7. The maximum atomic E-state index is 12.4. The van der Waals surface area contributed by atoms with Crippen LogP contribution >= 0.6 is 11.6 Å². The minimum Gasteiger partial charge on any atom is -0.497 e. The number of carbonyl (C=O) groups is 1. The van der Waals surface area contributed by atoms with E-state index in [0.717, 1.165) is 11.8 Å². The predicted molar refractivity (Wildman–Crippen MR) is 130 cm³/mol. The molecule has 3 rings (SSSR count). The number of nitrogens with one attached hydrogen (secondary N) is 1. The second-order valence-electron chi connectivity index (χ2n) is 6.82. The van der Waals surface area contributed by atoms with E-state index < -0.39 is 4.92 Å². The van der Waals surface area contributed by atoms with Gasteiger partial charge in [-0.2, -0.15) is 0 Å². The van der Waals surface area contributed by atoms with Gasteiger partial charge in [0.2, 0.25) is 6.20 Å². The van der Waals surface area contributed by atoms with Gasteiger partial charge in [0.1, 0.15) is 11.5 Å². The molecule has 3 aromatic rings. The number of anilines is 1. The molecule has 0 aliphatic rings. The normalized spacial score (nSPS) is 11.0. The van der Waals surface area contributed by atoms with Crippen LogP contribution in [0.3, 0.4) is 0 Å². The Morgan fingerprint density at radius 1 is 1.00 bits per heavy atom. The van der Waals surface area contributed by atoms with Gasteiger partial charge in [-0.05, 0) is 41.5 Å². The SMILES string of the molecule is COc1cc(/C=C/c2ccc(NC(=O)c3ccccc3Cl)cc2)c(/C=C/[N+](=O)[O-])c(OC)c1. The smallest absolute Gasteiger partial charge is 0.257 e. The molecule has 3 aromatic carbocycles. The molecular formula is C25H21ClN2O5. The summed E-state index contributed by atoms with van der Waals surface area (Å²) in [6, 6.07) is 17.5. The van der Waals surface area contributed by atoms with E-state index in [1.54, 1.807) is 48.5 Å². The van der Waals surface area contributed by atoms with Crippen molar-refractivity contribution in [1.29, 1.82) is 0 Å². The molecule has 0 radical (unpaired) electrons. The highest BCUT2D eigenvalue weighted by atomic mass is 35.5. The van der Waals surface area contributed by atoms with Crippen molar-refractivity contribution >= 4 is 41.4 Å². The van der Waals surface area contributed by atoms with Crippen molar-refractivity contribution in [3.05, 3.63) is 104 Å². The van der Waals surface area contributed by atoms with Gasteiger partial charge < -0.3 is 14.8 Å². The molecule has 0 fully saturated rings. The van der Waals surface area contributed by atoms with Crippen LogP contribution in [0.25, 0.3) is 18.2 Å². The number of carbonyl (C=O) groups excluding carboxylic acids is 1. The average molecular weight is 465 g/mol. The fourth-order valence-corrected chi connectivity index (χ4v) is 3.29. The van der Waals surface area contributed by atoms with Crippen LogP contribution in [0.5, 0.6) is 11.5 Å². The molecule has 0 spiro atoms. The minimum absolute atomic E-state index is 0.297. The average Bonchev–Trinajstić information content (AvgIpc) is 2.82. The fourth-order valence-electron chi connectivity index (χ4n) is 3.07. The van der Waals surface area contributed by atoms with Crippen molar-refractivity contribution in [1.82, 2.24) is 0 Å². The van der Waals surface area contributed by atoms with Gasteiger partial charge in [-0.3, -0.25) is 14.9 Å². The zero-order valence-corrected chi connectivity index (χ0v) is 18.7. The van der Waals surface area contributed by atoms with Crippen molar-refractivity contribution in [2.45, 2.75) is 0 Å². The Morgan fingerprint density at radius 2 is 1.73 bits per heavy atom. The Labute approximate surface area is 196 Å². The molecule has 168 valence electrons. The summed E-state index contributed by atoms with van der Waals surface area (Å²) in [6.45, 7) is 0. The van der Waals surface area contributed by atoms with Crippen molar-refractivity contribution in [3.8, 4) is 11.5 Å². The lowest BCUT2D eigenvalue weighted by molar-refractivity contribution is -0.400. The largest absolute Gasteiger partial charge is 0.497 e. The number of hydrogen-bond acceptors (Lipinski definition) is 5. The van der Waals surface area contributed by atoms with Gasteiger partial charge in [-0.15, -0.1) is 0 Å². The Hall–Kier alpha value is -4.10. The molecule has 0 atom stereocenters. The fraction of sp³-hybridized carbons (Fsp3) is 0.0800. The van der Waals surface area contributed by atoms with E-state index >= 15 is 0 Å². The minimum atomic E-state index is -0.535. The number of ether oxygens (including phenoxy) is 2. The van der Waals surface area contributed by atoms with Gasteiger partial charge in [-0.25, -0.2) is 0 Å². The third-order valence-electron chi connectivity index (χ3n) is 4.71. The van der Waals surface area contributed by atoms with Crippen LogP contribution in [-0.4, -0.2) is 25.1 Å². The summed E-state index contributed by atoms with van der Waals surface area (Å²) >= 11 is 6.08. The number of nitro groups is 1. The van der Waals surface area contributed by atoms with Crippen molar-refractivity contribution in [2.24, 2.45) is 0 Å². The highest BCUT2D eigenvalue weighted by Gasteiger charge is 2.11. The molecule has 0 saturated heterocycles. The Morgan fingerprint density at radius 3 is 2.36 bits per heavy atom. The Kier molecular flexibility index (Phi) is 7.83. The first kappa shape index (κ1) is 23.6. The number of benzene rings is 3. The monoisotopic (exact) mass is 464 g/mol. The highest BCUT2D eigenvalue weighted by Crippen LogP contribution is 2.31. The van der Waals surface area contributed by atoms with Gasteiger partial charge in [0.25, 0.3) is 5.91 Å². The van der Waals surface area contributed by atoms with Crippen LogP contribution in [0.2, 0.25) is 5.02 Å². The number of rotatable bonds is 8. The van der Waals surface area contributed by atoms with E-state index in [4.69, 9.17) is 21.1 Å². The molecule has 1 N–H and O–H groups in total.